The number of carbonyl (C=O) groups excluding carboxylic acids is 2. The summed E-state index contributed by atoms with van der Waals surface area (Å²) in [4.78, 5) is 27.8. The molecule has 2 amide bonds. The molecule has 4 rings (SSSR count). The third-order valence-electron chi connectivity index (χ3n) is 5.84. The number of benzene rings is 3. The molecule has 0 bridgehead atoms. The van der Waals surface area contributed by atoms with Crippen LogP contribution in [-0.2, 0) is 9.59 Å². The monoisotopic (exact) mass is 532 g/mol. The van der Waals surface area contributed by atoms with Crippen LogP contribution in [0.15, 0.2) is 71.6 Å². The first-order valence-corrected chi connectivity index (χ1v) is 13.0. The number of hydrogen-bond donors (Lipinski definition) is 1. The number of anilines is 1. The quantitative estimate of drug-likeness (QED) is 0.272. The standard InChI is InChI=1S/C29H28N2O4S2/c1-18-12-19(2)14-23(13-18)30-27(32)17-35-24-11-10-21(15-25(24)34-4)16-26-28(33)31(29(36)37-26)20(3)22-8-6-5-7-9-22/h5-16,20H,17H2,1-4H3,(H,30,32)/b26-16-/t20-/m1/s1. The molecule has 1 fully saturated rings. The normalized spacial score (nSPS) is 15.1. The van der Waals surface area contributed by atoms with Crippen molar-refractivity contribution < 1.29 is 19.1 Å². The fraction of sp³-hybridized carbons (Fsp3) is 0.207. The van der Waals surface area contributed by atoms with Gasteiger partial charge in [-0.3, -0.25) is 14.5 Å². The molecule has 0 aliphatic carbocycles. The second-order valence-corrected chi connectivity index (χ2v) is 10.4. The highest BCUT2D eigenvalue weighted by atomic mass is 32.2. The van der Waals surface area contributed by atoms with E-state index in [-0.39, 0.29) is 24.5 Å². The van der Waals surface area contributed by atoms with E-state index in [1.807, 2.05) is 75.4 Å². The lowest BCUT2D eigenvalue weighted by Crippen LogP contribution is -2.30. The summed E-state index contributed by atoms with van der Waals surface area (Å²) in [5.74, 6) is 0.489. The molecular weight excluding hydrogens is 504 g/mol. The molecule has 1 aliphatic rings. The van der Waals surface area contributed by atoms with Gasteiger partial charge in [-0.05, 0) is 73.4 Å². The van der Waals surface area contributed by atoms with Gasteiger partial charge in [0.15, 0.2) is 18.1 Å². The first-order valence-electron chi connectivity index (χ1n) is 11.8. The smallest absolute Gasteiger partial charge is 0.266 e. The minimum Gasteiger partial charge on any atom is -0.493 e. The lowest BCUT2D eigenvalue weighted by molar-refractivity contribution is -0.123. The Morgan fingerprint density at radius 1 is 1.05 bits per heavy atom. The molecule has 8 heteroatoms. The summed E-state index contributed by atoms with van der Waals surface area (Å²) in [6.45, 7) is 5.76. The molecule has 6 nitrogen and oxygen atoms in total. The fourth-order valence-electron chi connectivity index (χ4n) is 4.13. The molecule has 1 aliphatic heterocycles. The van der Waals surface area contributed by atoms with E-state index in [9.17, 15) is 9.59 Å². The summed E-state index contributed by atoms with van der Waals surface area (Å²) < 4.78 is 11.7. The van der Waals surface area contributed by atoms with Gasteiger partial charge in [-0.25, -0.2) is 0 Å². The van der Waals surface area contributed by atoms with Gasteiger partial charge in [-0.15, -0.1) is 0 Å². The SMILES string of the molecule is COc1cc(/C=C2\SC(=S)N([C@H](C)c3ccccc3)C2=O)ccc1OCC(=O)Nc1cc(C)cc(C)c1. The Kier molecular flexibility index (Phi) is 8.31. The van der Waals surface area contributed by atoms with Crippen LogP contribution in [0.4, 0.5) is 5.69 Å². The van der Waals surface area contributed by atoms with Gasteiger partial charge in [0, 0.05) is 5.69 Å². The van der Waals surface area contributed by atoms with Crippen molar-refractivity contribution in [2.24, 2.45) is 0 Å². The Bertz CT molecular complexity index is 1350. The van der Waals surface area contributed by atoms with Crippen LogP contribution in [-0.4, -0.2) is 34.8 Å². The van der Waals surface area contributed by atoms with E-state index < -0.39 is 0 Å². The molecule has 1 heterocycles. The fourth-order valence-corrected chi connectivity index (χ4v) is 5.54. The van der Waals surface area contributed by atoms with Crippen molar-refractivity contribution in [2.45, 2.75) is 26.8 Å². The van der Waals surface area contributed by atoms with Crippen molar-refractivity contribution in [3.05, 3.63) is 93.9 Å². The highest BCUT2D eigenvalue weighted by molar-refractivity contribution is 8.26. The minimum atomic E-state index is -0.271. The molecular formula is C29H28N2O4S2. The molecule has 1 saturated heterocycles. The lowest BCUT2D eigenvalue weighted by Gasteiger charge is -2.23. The number of thiocarbonyl (C=S) groups is 1. The van der Waals surface area contributed by atoms with E-state index in [2.05, 4.69) is 5.32 Å². The Hall–Kier alpha value is -3.62. The number of ether oxygens (including phenoxy) is 2. The predicted molar refractivity (Wildman–Crippen MR) is 153 cm³/mol. The number of methoxy groups -OCH3 is 1. The number of rotatable bonds is 8. The van der Waals surface area contributed by atoms with Crippen LogP contribution in [0.5, 0.6) is 11.5 Å². The first-order chi connectivity index (χ1) is 17.7. The summed E-state index contributed by atoms with van der Waals surface area (Å²) in [5.41, 5.74) is 4.65. The minimum absolute atomic E-state index is 0.131. The second kappa shape index (κ2) is 11.6. The number of carbonyl (C=O) groups is 2. The number of aryl methyl sites for hydroxylation is 2. The van der Waals surface area contributed by atoms with Gasteiger partial charge in [0.05, 0.1) is 18.1 Å². The number of thioether (sulfide) groups is 1. The van der Waals surface area contributed by atoms with Crippen LogP contribution in [0.2, 0.25) is 0 Å². The average molecular weight is 533 g/mol. The summed E-state index contributed by atoms with van der Waals surface area (Å²) in [7, 11) is 1.53. The zero-order chi connectivity index (χ0) is 26.5. The molecule has 0 unspecified atom stereocenters. The zero-order valence-corrected chi connectivity index (χ0v) is 22.7. The van der Waals surface area contributed by atoms with Gasteiger partial charge in [-0.1, -0.05) is 66.4 Å². The van der Waals surface area contributed by atoms with Crippen molar-refractivity contribution in [3.8, 4) is 11.5 Å². The number of hydrogen-bond acceptors (Lipinski definition) is 6. The molecule has 0 spiro atoms. The Morgan fingerprint density at radius 3 is 2.43 bits per heavy atom. The summed E-state index contributed by atoms with van der Waals surface area (Å²) in [6.07, 6.45) is 1.79. The van der Waals surface area contributed by atoms with Crippen LogP contribution < -0.4 is 14.8 Å². The number of nitrogens with one attached hydrogen (secondary N) is 1. The van der Waals surface area contributed by atoms with E-state index in [0.29, 0.717) is 20.7 Å². The predicted octanol–water partition coefficient (Wildman–Crippen LogP) is 6.29. The average Bonchev–Trinajstić information content (AvgIpc) is 3.14. The lowest BCUT2D eigenvalue weighted by atomic mass is 10.1. The highest BCUT2D eigenvalue weighted by Gasteiger charge is 2.35. The van der Waals surface area contributed by atoms with Crippen molar-refractivity contribution in [1.29, 1.82) is 0 Å². The van der Waals surface area contributed by atoms with E-state index in [4.69, 9.17) is 21.7 Å². The van der Waals surface area contributed by atoms with Gasteiger partial charge in [0.1, 0.15) is 4.32 Å². The third-order valence-corrected chi connectivity index (χ3v) is 7.17. The van der Waals surface area contributed by atoms with Crippen LogP contribution in [0.25, 0.3) is 6.08 Å². The zero-order valence-electron chi connectivity index (χ0n) is 21.1. The highest BCUT2D eigenvalue weighted by Crippen LogP contribution is 2.39. The van der Waals surface area contributed by atoms with Crippen molar-refractivity contribution in [1.82, 2.24) is 4.90 Å². The van der Waals surface area contributed by atoms with E-state index in [0.717, 1.165) is 27.9 Å². The molecule has 0 radical (unpaired) electrons. The molecule has 1 N–H and O–H groups in total. The molecule has 3 aromatic rings. The molecule has 190 valence electrons. The number of amides is 2. The van der Waals surface area contributed by atoms with Crippen molar-refractivity contribution in [2.75, 3.05) is 19.0 Å². The molecule has 37 heavy (non-hydrogen) atoms. The maximum absolute atomic E-state index is 13.2. The topological polar surface area (TPSA) is 67.9 Å². The largest absolute Gasteiger partial charge is 0.493 e. The van der Waals surface area contributed by atoms with Gasteiger partial charge in [0.2, 0.25) is 0 Å². The van der Waals surface area contributed by atoms with Gasteiger partial charge in [0.25, 0.3) is 11.8 Å². The summed E-state index contributed by atoms with van der Waals surface area (Å²) >= 11 is 6.80. The van der Waals surface area contributed by atoms with E-state index in [1.165, 1.54) is 18.9 Å². The molecule has 0 aromatic heterocycles. The maximum Gasteiger partial charge on any atom is 0.266 e. The van der Waals surface area contributed by atoms with Gasteiger partial charge < -0.3 is 14.8 Å². The van der Waals surface area contributed by atoms with Gasteiger partial charge in [-0.2, -0.15) is 0 Å². The van der Waals surface area contributed by atoms with Crippen LogP contribution >= 0.6 is 24.0 Å². The molecule has 1 atom stereocenters. The number of nitrogens with zero attached hydrogens (tertiary/aromatic N) is 1. The Labute approximate surface area is 226 Å². The van der Waals surface area contributed by atoms with Gasteiger partial charge >= 0.3 is 0 Å². The van der Waals surface area contributed by atoms with Crippen molar-refractivity contribution >= 4 is 51.9 Å². The van der Waals surface area contributed by atoms with Crippen LogP contribution in [0.1, 0.15) is 35.2 Å². The first kappa shape index (κ1) is 26.4. The summed E-state index contributed by atoms with van der Waals surface area (Å²) in [5, 5.41) is 2.85. The van der Waals surface area contributed by atoms with Crippen molar-refractivity contribution in [3.63, 3.8) is 0 Å². The Morgan fingerprint density at radius 2 is 1.76 bits per heavy atom. The third kappa shape index (κ3) is 6.39. The maximum atomic E-state index is 13.2. The second-order valence-electron chi connectivity index (χ2n) is 8.76. The van der Waals surface area contributed by atoms with E-state index >= 15 is 0 Å². The van der Waals surface area contributed by atoms with E-state index in [1.54, 1.807) is 23.1 Å². The molecule has 3 aromatic carbocycles. The summed E-state index contributed by atoms with van der Waals surface area (Å²) in [6, 6.07) is 20.8. The Balaban J connectivity index is 1.44. The van der Waals surface area contributed by atoms with Crippen LogP contribution in [0, 0.1) is 13.8 Å². The molecule has 0 saturated carbocycles. The van der Waals surface area contributed by atoms with Crippen LogP contribution in [0.3, 0.4) is 0 Å².